The lowest BCUT2D eigenvalue weighted by molar-refractivity contribution is -0.138. The second-order valence-corrected chi connectivity index (χ2v) is 1.87. The van der Waals surface area contributed by atoms with Gasteiger partial charge >= 0.3 is 12.1 Å². The topological polar surface area (TPSA) is 80.0 Å². The second kappa shape index (κ2) is 4.96. The highest BCUT2D eigenvalue weighted by molar-refractivity contribution is 5.80. The molecule has 0 unspecified atom stereocenters. The molecule has 12 heavy (non-hydrogen) atoms. The Morgan fingerprint density at radius 2 is 2.33 bits per heavy atom. The SMILES string of the molecule is [C-]#[N+]C[C@H](NC(=O)OC)C(=O)O. The van der Waals surface area contributed by atoms with Gasteiger partial charge in [-0.05, 0) is 0 Å². The molecule has 0 aliphatic rings. The fourth-order valence-electron chi connectivity index (χ4n) is 0.478. The number of carbonyl (C=O) groups is 2. The van der Waals surface area contributed by atoms with Crippen molar-refractivity contribution >= 4 is 12.1 Å². The number of methoxy groups -OCH3 is 1. The number of hydrogen-bond donors (Lipinski definition) is 2. The molecule has 0 spiro atoms. The number of nitrogens with one attached hydrogen (secondary N) is 1. The Balaban J connectivity index is 4.06. The van der Waals surface area contributed by atoms with Crippen molar-refractivity contribution in [3.8, 4) is 0 Å². The molecule has 0 aromatic carbocycles. The van der Waals surface area contributed by atoms with Crippen LogP contribution in [0.5, 0.6) is 0 Å². The van der Waals surface area contributed by atoms with Crippen molar-refractivity contribution in [1.82, 2.24) is 5.32 Å². The van der Waals surface area contributed by atoms with Gasteiger partial charge in [-0.15, -0.1) is 0 Å². The number of carbonyl (C=O) groups excluding carboxylic acids is 1. The Morgan fingerprint density at radius 3 is 2.67 bits per heavy atom. The number of ether oxygens (including phenoxy) is 1. The highest BCUT2D eigenvalue weighted by atomic mass is 16.5. The molecular formula is C6H8N2O4. The van der Waals surface area contributed by atoms with Crippen LogP contribution >= 0.6 is 0 Å². The van der Waals surface area contributed by atoms with Gasteiger partial charge in [0.25, 0.3) is 0 Å². The first-order valence-corrected chi connectivity index (χ1v) is 3.02. The summed E-state index contributed by atoms with van der Waals surface area (Å²) in [6.45, 7) is 6.10. The lowest BCUT2D eigenvalue weighted by Crippen LogP contribution is -2.42. The van der Waals surface area contributed by atoms with E-state index in [-0.39, 0.29) is 6.54 Å². The van der Waals surface area contributed by atoms with Gasteiger partial charge in [-0.25, -0.2) is 16.2 Å². The normalized spacial score (nSPS) is 11.0. The van der Waals surface area contributed by atoms with Crippen LogP contribution in [-0.2, 0) is 9.53 Å². The van der Waals surface area contributed by atoms with Gasteiger partial charge in [0, 0.05) is 0 Å². The van der Waals surface area contributed by atoms with Crippen LogP contribution in [0.3, 0.4) is 0 Å². The van der Waals surface area contributed by atoms with Crippen molar-refractivity contribution in [3.63, 3.8) is 0 Å². The summed E-state index contributed by atoms with van der Waals surface area (Å²) in [5.74, 6) is -1.25. The van der Waals surface area contributed by atoms with Crippen molar-refractivity contribution in [3.05, 3.63) is 11.4 Å². The third-order valence-corrected chi connectivity index (χ3v) is 1.05. The van der Waals surface area contributed by atoms with E-state index in [0.29, 0.717) is 0 Å². The predicted octanol–water partition coefficient (Wildman–Crippen LogP) is -0.285. The maximum atomic E-state index is 10.5. The maximum Gasteiger partial charge on any atom is 0.407 e. The van der Waals surface area contributed by atoms with E-state index >= 15 is 0 Å². The molecule has 0 aliphatic carbocycles. The van der Waals surface area contributed by atoms with Gasteiger partial charge in [-0.1, -0.05) is 0 Å². The van der Waals surface area contributed by atoms with Gasteiger partial charge in [0.05, 0.1) is 7.11 Å². The molecule has 0 rings (SSSR count). The molecule has 66 valence electrons. The van der Waals surface area contributed by atoms with E-state index < -0.39 is 18.1 Å². The van der Waals surface area contributed by atoms with Gasteiger partial charge in [-0.2, -0.15) is 0 Å². The first-order chi connectivity index (χ1) is 5.61. The summed E-state index contributed by atoms with van der Waals surface area (Å²) in [5.41, 5.74) is 0. The molecule has 0 bridgehead atoms. The van der Waals surface area contributed by atoms with Gasteiger partial charge < -0.3 is 20.0 Å². The van der Waals surface area contributed by atoms with Crippen molar-refractivity contribution in [2.24, 2.45) is 0 Å². The summed E-state index contributed by atoms with van der Waals surface area (Å²) in [6, 6.07) is -1.20. The predicted molar refractivity (Wildman–Crippen MR) is 38.4 cm³/mol. The molecule has 0 aliphatic heterocycles. The minimum atomic E-state index is -1.25. The molecule has 1 atom stereocenters. The average Bonchev–Trinajstić information content (AvgIpc) is 2.03. The fraction of sp³-hybridized carbons (Fsp3) is 0.500. The molecule has 0 fully saturated rings. The molecule has 0 aromatic heterocycles. The van der Waals surface area contributed by atoms with Gasteiger partial charge in [0.1, 0.15) is 0 Å². The van der Waals surface area contributed by atoms with Crippen LogP contribution in [0.4, 0.5) is 4.79 Å². The number of aliphatic carboxylic acids is 1. The van der Waals surface area contributed by atoms with Crippen LogP contribution in [0, 0.1) is 6.57 Å². The Hall–Kier alpha value is -1.77. The minimum Gasteiger partial charge on any atom is -0.479 e. The van der Waals surface area contributed by atoms with E-state index in [0.717, 1.165) is 7.11 Å². The van der Waals surface area contributed by atoms with Crippen LogP contribution in [0.2, 0.25) is 0 Å². The number of amides is 1. The van der Waals surface area contributed by atoms with E-state index in [9.17, 15) is 9.59 Å². The largest absolute Gasteiger partial charge is 0.479 e. The molecule has 1 amide bonds. The first kappa shape index (κ1) is 10.2. The average molecular weight is 172 g/mol. The lowest BCUT2D eigenvalue weighted by Gasteiger charge is -2.06. The zero-order valence-electron chi connectivity index (χ0n) is 6.40. The van der Waals surface area contributed by atoms with Crippen LogP contribution in [0.15, 0.2) is 0 Å². The number of rotatable bonds is 3. The van der Waals surface area contributed by atoms with E-state index in [1.165, 1.54) is 0 Å². The van der Waals surface area contributed by atoms with E-state index in [1.54, 1.807) is 0 Å². The number of nitrogens with zero attached hydrogens (tertiary/aromatic N) is 1. The molecule has 6 heteroatoms. The van der Waals surface area contributed by atoms with Crippen molar-refractivity contribution in [2.75, 3.05) is 13.7 Å². The highest BCUT2D eigenvalue weighted by Crippen LogP contribution is 1.86. The molecule has 0 radical (unpaired) electrons. The van der Waals surface area contributed by atoms with E-state index in [1.807, 2.05) is 5.32 Å². The number of hydrogen-bond acceptors (Lipinski definition) is 3. The third kappa shape index (κ3) is 3.41. The zero-order valence-corrected chi connectivity index (χ0v) is 6.40. The summed E-state index contributed by atoms with van der Waals surface area (Å²) < 4.78 is 4.16. The fourth-order valence-corrected chi connectivity index (χ4v) is 0.478. The van der Waals surface area contributed by atoms with Gasteiger partial charge in [0.2, 0.25) is 12.6 Å². The quantitative estimate of drug-likeness (QED) is 0.573. The van der Waals surface area contributed by atoms with Crippen molar-refractivity contribution < 1.29 is 19.4 Å². The number of carboxylic acids is 1. The molecular weight excluding hydrogens is 164 g/mol. The van der Waals surface area contributed by atoms with Crippen LogP contribution in [-0.4, -0.2) is 36.9 Å². The lowest BCUT2D eigenvalue weighted by atomic mass is 10.3. The second-order valence-electron chi connectivity index (χ2n) is 1.87. The molecule has 0 aromatic rings. The summed E-state index contributed by atoms with van der Waals surface area (Å²) >= 11 is 0. The highest BCUT2D eigenvalue weighted by Gasteiger charge is 2.22. The summed E-state index contributed by atoms with van der Waals surface area (Å²) in [4.78, 5) is 23.7. The zero-order chi connectivity index (χ0) is 9.56. The monoisotopic (exact) mass is 172 g/mol. The van der Waals surface area contributed by atoms with Crippen molar-refractivity contribution in [2.45, 2.75) is 6.04 Å². The molecule has 6 nitrogen and oxygen atoms in total. The maximum absolute atomic E-state index is 10.5. The third-order valence-electron chi connectivity index (χ3n) is 1.05. The van der Waals surface area contributed by atoms with Crippen LogP contribution < -0.4 is 5.32 Å². The van der Waals surface area contributed by atoms with E-state index in [2.05, 4.69) is 9.58 Å². The Kier molecular flexibility index (Phi) is 4.23. The van der Waals surface area contributed by atoms with Crippen molar-refractivity contribution in [1.29, 1.82) is 0 Å². The van der Waals surface area contributed by atoms with E-state index in [4.69, 9.17) is 11.7 Å². The van der Waals surface area contributed by atoms with Crippen LogP contribution in [0.1, 0.15) is 0 Å². The van der Waals surface area contributed by atoms with Gasteiger partial charge in [0.15, 0.2) is 0 Å². The summed E-state index contributed by atoms with van der Waals surface area (Å²) in [6.07, 6.45) is -0.856. The van der Waals surface area contributed by atoms with Gasteiger partial charge in [-0.3, -0.25) is 0 Å². The molecule has 0 saturated carbocycles. The number of alkyl carbamates (subject to hydrolysis) is 1. The molecule has 0 saturated heterocycles. The first-order valence-electron chi connectivity index (χ1n) is 3.02. The summed E-state index contributed by atoms with van der Waals surface area (Å²) in [7, 11) is 1.12. The Bertz CT molecular complexity index is 220. The smallest absolute Gasteiger partial charge is 0.407 e. The molecule has 0 heterocycles. The molecule has 2 N–H and O–H groups in total. The summed E-state index contributed by atoms with van der Waals surface area (Å²) in [5, 5.41) is 10.4. The minimum absolute atomic E-state index is 0.301. The van der Waals surface area contributed by atoms with Crippen LogP contribution in [0.25, 0.3) is 4.85 Å². The Morgan fingerprint density at radius 1 is 1.75 bits per heavy atom. The Labute approximate surface area is 68.9 Å². The standard InChI is InChI=1S/C6H8N2O4/c1-7-3-4(5(9)10)8-6(11)12-2/h4H,3H2,2H3,(H,8,11)(H,9,10)/t4-/m0/s1. The number of carboxylic acid groups (broad SMARTS) is 1.